The Bertz CT molecular complexity index is 506. The van der Waals surface area contributed by atoms with Crippen LogP contribution in [-0.2, 0) is 11.2 Å². The van der Waals surface area contributed by atoms with Gasteiger partial charge < -0.3 is 4.98 Å². The number of hydrogen-bond acceptors (Lipinski definition) is 1. The van der Waals surface area contributed by atoms with Gasteiger partial charge in [-0.2, -0.15) is 5.12 Å². The Morgan fingerprint density at radius 3 is 2.94 bits per heavy atom. The fraction of sp³-hybridized carbons (Fsp3) is 0.250. The van der Waals surface area contributed by atoms with Crippen LogP contribution < -0.4 is 0 Å². The molecule has 0 fully saturated rings. The molecule has 1 aromatic heterocycles. The Hall–Kier alpha value is -1.84. The van der Waals surface area contributed by atoms with Crippen LogP contribution in [0.5, 0.6) is 0 Å². The van der Waals surface area contributed by atoms with E-state index in [2.05, 4.69) is 4.98 Å². The van der Waals surface area contributed by atoms with Crippen LogP contribution in [0.25, 0.3) is 10.9 Å². The molecule has 4 heteroatoms. The van der Waals surface area contributed by atoms with E-state index in [0.717, 1.165) is 16.5 Å². The van der Waals surface area contributed by atoms with E-state index in [9.17, 15) is 9.28 Å². The molecule has 2 aromatic rings. The number of rotatable bonds is 3. The van der Waals surface area contributed by atoms with E-state index < -0.39 is 5.91 Å². The molecule has 1 N–H and O–H groups in total. The van der Waals surface area contributed by atoms with Crippen molar-refractivity contribution in [3.05, 3.63) is 36.0 Å². The van der Waals surface area contributed by atoms with Crippen LogP contribution in [0.15, 0.2) is 30.5 Å². The summed E-state index contributed by atoms with van der Waals surface area (Å²) in [6, 6.07) is 7.84. The van der Waals surface area contributed by atoms with Gasteiger partial charge in [0.25, 0.3) is 0 Å². The zero-order valence-corrected chi connectivity index (χ0v) is 9.03. The van der Waals surface area contributed by atoms with Gasteiger partial charge in [0, 0.05) is 24.0 Å². The zero-order valence-electron chi connectivity index (χ0n) is 9.03. The molecule has 0 radical (unpaired) electrons. The maximum Gasteiger partial charge on any atom is 0.247 e. The molecular weight excluding hydrogens is 207 g/mol. The Morgan fingerprint density at radius 1 is 1.44 bits per heavy atom. The summed E-state index contributed by atoms with van der Waals surface area (Å²) in [5.41, 5.74) is 2.06. The second-order valence-corrected chi connectivity index (χ2v) is 3.71. The third-order valence-corrected chi connectivity index (χ3v) is 2.59. The molecule has 0 aliphatic carbocycles. The van der Waals surface area contributed by atoms with E-state index in [-0.39, 0.29) is 11.7 Å². The van der Waals surface area contributed by atoms with Gasteiger partial charge in [-0.05, 0) is 18.1 Å². The van der Waals surface area contributed by atoms with E-state index in [1.165, 1.54) is 6.92 Å². The standard InChI is InChI=1S/C12H13FN2O/c1-9(16)15(13)7-6-10-8-14-12-5-3-2-4-11(10)12/h2-5,8,14H,6-7H2,1H3. The molecule has 0 aliphatic heterocycles. The van der Waals surface area contributed by atoms with Crippen LogP contribution in [0.1, 0.15) is 12.5 Å². The molecule has 2 rings (SSSR count). The number of carbonyl (C=O) groups is 1. The van der Waals surface area contributed by atoms with Gasteiger partial charge in [0.05, 0.1) is 6.54 Å². The van der Waals surface area contributed by atoms with E-state index >= 15 is 0 Å². The Morgan fingerprint density at radius 2 is 2.19 bits per heavy atom. The minimum atomic E-state index is -0.556. The highest BCUT2D eigenvalue weighted by atomic mass is 19.2. The van der Waals surface area contributed by atoms with Gasteiger partial charge in [-0.1, -0.05) is 22.7 Å². The highest BCUT2D eigenvalue weighted by Gasteiger charge is 2.08. The smallest absolute Gasteiger partial charge is 0.247 e. The maximum absolute atomic E-state index is 13.0. The molecule has 0 aliphatic rings. The molecule has 3 nitrogen and oxygen atoms in total. The second kappa shape index (κ2) is 4.35. The monoisotopic (exact) mass is 220 g/mol. The number of amides is 1. The van der Waals surface area contributed by atoms with Crippen molar-refractivity contribution in [1.29, 1.82) is 0 Å². The predicted octanol–water partition coefficient (Wildman–Crippen LogP) is 2.44. The number of para-hydroxylation sites is 1. The van der Waals surface area contributed by atoms with Gasteiger partial charge >= 0.3 is 0 Å². The summed E-state index contributed by atoms with van der Waals surface area (Å²) in [6.07, 6.45) is 2.37. The number of nitrogens with zero attached hydrogens (tertiary/aromatic N) is 1. The quantitative estimate of drug-likeness (QED) is 0.792. The minimum Gasteiger partial charge on any atom is -0.361 e. The normalized spacial score (nSPS) is 10.6. The summed E-state index contributed by atoms with van der Waals surface area (Å²) in [5.74, 6) is -0.556. The summed E-state index contributed by atoms with van der Waals surface area (Å²) in [5, 5.41) is 1.32. The van der Waals surface area contributed by atoms with Crippen molar-refractivity contribution in [3.63, 3.8) is 0 Å². The van der Waals surface area contributed by atoms with Gasteiger partial charge in [-0.15, -0.1) is 0 Å². The lowest BCUT2D eigenvalue weighted by molar-refractivity contribution is -0.143. The van der Waals surface area contributed by atoms with Crippen molar-refractivity contribution in [3.8, 4) is 0 Å². The summed E-state index contributed by atoms with van der Waals surface area (Å²) in [7, 11) is 0. The lowest BCUT2D eigenvalue weighted by Crippen LogP contribution is -2.21. The SMILES string of the molecule is CC(=O)N(F)CCc1c[nH]c2ccccc12. The molecule has 0 unspecified atom stereocenters. The van der Waals surface area contributed by atoms with Gasteiger partial charge in [-0.3, -0.25) is 4.79 Å². The maximum atomic E-state index is 13.0. The highest BCUT2D eigenvalue weighted by molar-refractivity contribution is 5.83. The van der Waals surface area contributed by atoms with E-state index in [0.29, 0.717) is 6.42 Å². The number of H-pyrrole nitrogens is 1. The van der Waals surface area contributed by atoms with Crippen LogP contribution >= 0.6 is 0 Å². The summed E-state index contributed by atoms with van der Waals surface area (Å²) < 4.78 is 13.0. The average Bonchev–Trinajstić information content (AvgIpc) is 2.69. The largest absolute Gasteiger partial charge is 0.361 e. The van der Waals surface area contributed by atoms with Crippen molar-refractivity contribution < 1.29 is 9.28 Å². The van der Waals surface area contributed by atoms with Gasteiger partial charge in [0.2, 0.25) is 5.91 Å². The lowest BCUT2D eigenvalue weighted by atomic mass is 10.1. The first-order valence-corrected chi connectivity index (χ1v) is 5.17. The zero-order chi connectivity index (χ0) is 11.5. The van der Waals surface area contributed by atoms with E-state index in [1.54, 1.807) is 0 Å². The van der Waals surface area contributed by atoms with Crippen molar-refractivity contribution in [2.75, 3.05) is 6.54 Å². The summed E-state index contributed by atoms with van der Waals surface area (Å²) in [6.45, 7) is 1.31. The van der Waals surface area contributed by atoms with Crippen LogP contribution in [-0.4, -0.2) is 22.6 Å². The molecule has 0 saturated heterocycles. The number of hydrogen-bond donors (Lipinski definition) is 1. The fourth-order valence-corrected chi connectivity index (χ4v) is 1.71. The van der Waals surface area contributed by atoms with Crippen molar-refractivity contribution in [2.45, 2.75) is 13.3 Å². The molecule has 1 amide bonds. The number of aromatic amines is 1. The number of fused-ring (bicyclic) bond motifs is 1. The molecule has 0 saturated carbocycles. The van der Waals surface area contributed by atoms with Crippen LogP contribution in [0.4, 0.5) is 4.48 Å². The van der Waals surface area contributed by atoms with Gasteiger partial charge in [-0.25, -0.2) is 0 Å². The molecule has 84 valence electrons. The molecular formula is C12H13FN2O. The number of benzene rings is 1. The fourth-order valence-electron chi connectivity index (χ4n) is 1.71. The van der Waals surface area contributed by atoms with Crippen molar-refractivity contribution >= 4 is 16.8 Å². The Balaban J connectivity index is 2.13. The lowest BCUT2D eigenvalue weighted by Gasteiger charge is -2.08. The predicted molar refractivity (Wildman–Crippen MR) is 60.5 cm³/mol. The molecule has 0 bridgehead atoms. The minimum absolute atomic E-state index is 0.0944. The summed E-state index contributed by atoms with van der Waals surface area (Å²) in [4.78, 5) is 13.8. The van der Waals surface area contributed by atoms with E-state index in [4.69, 9.17) is 0 Å². The highest BCUT2D eigenvalue weighted by Crippen LogP contribution is 2.18. The van der Waals surface area contributed by atoms with Gasteiger partial charge in [0.15, 0.2) is 0 Å². The molecule has 1 heterocycles. The Labute approximate surface area is 92.8 Å². The first-order chi connectivity index (χ1) is 7.68. The van der Waals surface area contributed by atoms with E-state index in [1.807, 2.05) is 30.5 Å². The second-order valence-electron chi connectivity index (χ2n) is 3.71. The number of aromatic nitrogens is 1. The Kier molecular flexibility index (Phi) is 2.90. The van der Waals surface area contributed by atoms with Crippen molar-refractivity contribution in [1.82, 2.24) is 10.1 Å². The topological polar surface area (TPSA) is 36.1 Å². The number of halogens is 1. The number of carbonyl (C=O) groups excluding carboxylic acids is 1. The molecule has 16 heavy (non-hydrogen) atoms. The first kappa shape index (κ1) is 10.7. The molecule has 1 aromatic carbocycles. The first-order valence-electron chi connectivity index (χ1n) is 5.17. The van der Waals surface area contributed by atoms with Crippen LogP contribution in [0.2, 0.25) is 0 Å². The average molecular weight is 220 g/mol. The molecule has 0 spiro atoms. The van der Waals surface area contributed by atoms with Crippen LogP contribution in [0.3, 0.4) is 0 Å². The van der Waals surface area contributed by atoms with Crippen molar-refractivity contribution in [2.24, 2.45) is 0 Å². The molecule has 0 atom stereocenters. The third-order valence-electron chi connectivity index (χ3n) is 2.59. The van der Waals surface area contributed by atoms with Gasteiger partial charge in [0.1, 0.15) is 0 Å². The third kappa shape index (κ3) is 2.05. The van der Waals surface area contributed by atoms with Crippen LogP contribution in [0, 0.1) is 0 Å². The summed E-state index contributed by atoms with van der Waals surface area (Å²) >= 11 is 0. The number of nitrogens with one attached hydrogen (secondary N) is 1.